The minimum atomic E-state index is -0.349. The van der Waals surface area contributed by atoms with Crippen LogP contribution in [0.3, 0.4) is 0 Å². The first-order chi connectivity index (χ1) is 8.58. The normalized spacial score (nSPS) is 10.1. The predicted molar refractivity (Wildman–Crippen MR) is 76.9 cm³/mol. The molecule has 92 valence electrons. The maximum Gasteiger partial charge on any atom is 0.271 e. The van der Waals surface area contributed by atoms with E-state index in [4.69, 9.17) is 0 Å². The van der Waals surface area contributed by atoms with Crippen LogP contribution >= 0.6 is 31.9 Å². The first-order valence-electron chi connectivity index (χ1n) is 5.02. The second kappa shape index (κ2) is 5.49. The Balaban J connectivity index is 2.30. The van der Waals surface area contributed by atoms with Crippen molar-refractivity contribution in [2.24, 2.45) is 0 Å². The van der Waals surface area contributed by atoms with Gasteiger partial charge in [-0.2, -0.15) is 0 Å². The number of aromatic amines is 1. The summed E-state index contributed by atoms with van der Waals surface area (Å²) in [6.07, 6.45) is 1.51. The molecule has 1 amide bonds. The zero-order valence-corrected chi connectivity index (χ0v) is 12.2. The number of carbonyl (C=O) groups is 1. The first-order valence-corrected chi connectivity index (χ1v) is 6.60. The van der Waals surface area contributed by atoms with Gasteiger partial charge in [-0.1, -0.05) is 12.1 Å². The van der Waals surface area contributed by atoms with Gasteiger partial charge in [-0.3, -0.25) is 9.59 Å². The predicted octanol–water partition coefficient (Wildman–Crippen LogP) is 3.15. The van der Waals surface area contributed by atoms with Crippen LogP contribution in [0.5, 0.6) is 0 Å². The highest BCUT2D eigenvalue weighted by atomic mass is 79.9. The molecule has 2 N–H and O–H groups in total. The number of H-pyrrole nitrogens is 1. The fourth-order valence-corrected chi connectivity index (χ4v) is 2.19. The Hall–Kier alpha value is -1.40. The van der Waals surface area contributed by atoms with E-state index in [1.165, 1.54) is 6.20 Å². The lowest BCUT2D eigenvalue weighted by Crippen LogP contribution is -2.19. The number of anilines is 1. The maximum absolute atomic E-state index is 12.0. The molecule has 0 spiro atoms. The smallest absolute Gasteiger partial charge is 0.271 e. The van der Waals surface area contributed by atoms with Crippen LogP contribution in [0.2, 0.25) is 0 Å². The van der Waals surface area contributed by atoms with Gasteiger partial charge in [0.05, 0.1) is 5.56 Å². The molecule has 1 aromatic heterocycles. The number of amides is 1. The van der Waals surface area contributed by atoms with E-state index in [1.54, 1.807) is 24.3 Å². The van der Waals surface area contributed by atoms with Crippen LogP contribution in [-0.4, -0.2) is 10.9 Å². The van der Waals surface area contributed by atoms with Crippen molar-refractivity contribution in [3.8, 4) is 0 Å². The molecule has 0 bridgehead atoms. The molecular formula is C12H8Br2N2O2. The van der Waals surface area contributed by atoms with Gasteiger partial charge in [-0.25, -0.2) is 0 Å². The number of hydrogen-bond donors (Lipinski definition) is 2. The minimum Gasteiger partial charge on any atom is -0.326 e. The highest BCUT2D eigenvalue weighted by Crippen LogP contribution is 2.17. The van der Waals surface area contributed by atoms with E-state index in [0.717, 1.165) is 0 Å². The number of rotatable bonds is 2. The van der Waals surface area contributed by atoms with Crippen molar-refractivity contribution < 1.29 is 4.79 Å². The van der Waals surface area contributed by atoms with Crippen LogP contribution in [0.25, 0.3) is 0 Å². The number of benzene rings is 1. The minimum absolute atomic E-state index is 0.199. The van der Waals surface area contributed by atoms with Crippen LogP contribution in [0.1, 0.15) is 10.4 Å². The summed E-state index contributed by atoms with van der Waals surface area (Å²) in [5, 5.41) is 2.57. The van der Waals surface area contributed by atoms with Crippen molar-refractivity contribution in [1.82, 2.24) is 4.98 Å². The van der Waals surface area contributed by atoms with Crippen molar-refractivity contribution in [2.75, 3.05) is 5.32 Å². The molecule has 0 unspecified atom stereocenters. The van der Waals surface area contributed by atoms with Gasteiger partial charge in [-0.05, 0) is 50.1 Å². The average molecular weight is 372 g/mol. The van der Waals surface area contributed by atoms with Crippen molar-refractivity contribution in [3.05, 3.63) is 61.4 Å². The second-order valence-electron chi connectivity index (χ2n) is 3.49. The topological polar surface area (TPSA) is 62.0 Å². The molecule has 0 atom stereocenters. The van der Waals surface area contributed by atoms with Gasteiger partial charge in [0.1, 0.15) is 5.69 Å². The van der Waals surface area contributed by atoms with E-state index in [9.17, 15) is 9.59 Å². The highest BCUT2D eigenvalue weighted by molar-refractivity contribution is 9.10. The van der Waals surface area contributed by atoms with E-state index in [2.05, 4.69) is 42.2 Å². The van der Waals surface area contributed by atoms with Gasteiger partial charge < -0.3 is 10.3 Å². The third kappa shape index (κ3) is 2.88. The summed E-state index contributed by atoms with van der Waals surface area (Å²) in [5.41, 5.74) is 0.320. The van der Waals surface area contributed by atoms with Gasteiger partial charge in [0.2, 0.25) is 0 Å². The van der Waals surface area contributed by atoms with Crippen molar-refractivity contribution in [2.45, 2.75) is 0 Å². The summed E-state index contributed by atoms with van der Waals surface area (Å²) >= 11 is 6.51. The number of aromatic nitrogens is 1. The molecule has 0 aliphatic rings. The molecular weight excluding hydrogens is 364 g/mol. The van der Waals surface area contributed by atoms with Crippen LogP contribution < -0.4 is 10.9 Å². The quantitative estimate of drug-likeness (QED) is 0.851. The van der Waals surface area contributed by atoms with E-state index in [0.29, 0.717) is 14.5 Å². The Morgan fingerprint density at radius 3 is 2.67 bits per heavy atom. The number of nitrogens with one attached hydrogen (secondary N) is 2. The lowest BCUT2D eigenvalue weighted by atomic mass is 10.2. The summed E-state index contributed by atoms with van der Waals surface area (Å²) in [5.74, 6) is -0.342. The van der Waals surface area contributed by atoms with Crippen LogP contribution in [-0.2, 0) is 0 Å². The SMILES string of the molecule is O=C(Nc1cc(Br)c[nH]c1=O)c1ccccc1Br. The Labute approximate surface area is 120 Å². The number of carbonyl (C=O) groups excluding carboxylic acids is 1. The molecule has 6 heteroatoms. The molecule has 0 saturated heterocycles. The molecule has 2 aromatic rings. The summed E-state index contributed by atoms with van der Waals surface area (Å²) in [4.78, 5) is 26.0. The van der Waals surface area contributed by atoms with Crippen molar-refractivity contribution in [1.29, 1.82) is 0 Å². The van der Waals surface area contributed by atoms with E-state index < -0.39 is 0 Å². The highest BCUT2D eigenvalue weighted by Gasteiger charge is 2.11. The van der Waals surface area contributed by atoms with Gasteiger partial charge >= 0.3 is 0 Å². The second-order valence-corrected chi connectivity index (χ2v) is 5.26. The molecule has 0 radical (unpaired) electrons. The Bertz CT molecular complexity index is 653. The molecule has 0 aliphatic heterocycles. The molecule has 1 heterocycles. The summed E-state index contributed by atoms with van der Waals surface area (Å²) < 4.78 is 1.36. The van der Waals surface area contributed by atoms with Gasteiger partial charge in [0.15, 0.2) is 0 Å². The summed E-state index contributed by atoms with van der Waals surface area (Å²) in [6, 6.07) is 8.55. The maximum atomic E-state index is 12.0. The molecule has 4 nitrogen and oxygen atoms in total. The fourth-order valence-electron chi connectivity index (χ4n) is 1.39. The summed E-state index contributed by atoms with van der Waals surface area (Å²) in [7, 11) is 0. The molecule has 0 aliphatic carbocycles. The standard InChI is InChI=1S/C12H8Br2N2O2/c13-7-5-10(12(18)15-6-7)16-11(17)8-3-1-2-4-9(8)14/h1-6H,(H,15,18)(H,16,17). The third-order valence-corrected chi connectivity index (χ3v) is 3.38. The monoisotopic (exact) mass is 370 g/mol. The molecule has 0 fully saturated rings. The average Bonchev–Trinajstić information content (AvgIpc) is 2.34. The fraction of sp³-hybridized carbons (Fsp3) is 0. The molecule has 1 aromatic carbocycles. The van der Waals surface area contributed by atoms with Gasteiger partial charge in [0.25, 0.3) is 11.5 Å². The Morgan fingerprint density at radius 1 is 1.22 bits per heavy atom. The Morgan fingerprint density at radius 2 is 1.94 bits per heavy atom. The largest absolute Gasteiger partial charge is 0.326 e. The summed E-state index contributed by atoms with van der Waals surface area (Å²) in [6.45, 7) is 0. The lowest BCUT2D eigenvalue weighted by molar-refractivity contribution is 0.102. The van der Waals surface area contributed by atoms with E-state index in [1.807, 2.05) is 6.07 Å². The number of pyridine rings is 1. The zero-order chi connectivity index (χ0) is 13.1. The Kier molecular flexibility index (Phi) is 3.98. The van der Waals surface area contributed by atoms with Crippen molar-refractivity contribution in [3.63, 3.8) is 0 Å². The molecule has 18 heavy (non-hydrogen) atoms. The molecule has 0 saturated carbocycles. The lowest BCUT2D eigenvalue weighted by Gasteiger charge is -2.06. The first kappa shape index (κ1) is 13.0. The third-order valence-electron chi connectivity index (χ3n) is 2.23. The molecule has 2 rings (SSSR count). The van der Waals surface area contributed by atoms with Crippen molar-refractivity contribution >= 4 is 43.5 Å². The van der Waals surface area contributed by atoms with Crippen LogP contribution in [0, 0.1) is 0 Å². The van der Waals surface area contributed by atoms with Crippen LogP contribution in [0.15, 0.2) is 50.3 Å². The zero-order valence-electron chi connectivity index (χ0n) is 9.04. The van der Waals surface area contributed by atoms with Gasteiger partial charge in [-0.15, -0.1) is 0 Å². The number of halogens is 2. The van der Waals surface area contributed by atoms with Gasteiger partial charge in [0, 0.05) is 15.1 Å². The van der Waals surface area contributed by atoms with E-state index in [-0.39, 0.29) is 17.2 Å². The van der Waals surface area contributed by atoms with Crippen LogP contribution in [0.4, 0.5) is 5.69 Å². The number of hydrogen-bond acceptors (Lipinski definition) is 2. The van der Waals surface area contributed by atoms with E-state index >= 15 is 0 Å².